The zero-order valence-electron chi connectivity index (χ0n) is 18.8. The molecule has 0 saturated carbocycles. The van der Waals surface area contributed by atoms with Crippen molar-refractivity contribution in [1.82, 2.24) is 15.1 Å². The lowest BCUT2D eigenvalue weighted by Crippen LogP contribution is -2.42. The van der Waals surface area contributed by atoms with Gasteiger partial charge in [0.05, 0.1) is 11.5 Å². The number of nitrogens with zero attached hydrogens (tertiary/aromatic N) is 3. The van der Waals surface area contributed by atoms with Gasteiger partial charge in [-0.25, -0.2) is 4.39 Å². The Hall–Kier alpha value is -2.66. The zero-order chi connectivity index (χ0) is 25.2. The lowest BCUT2D eigenvalue weighted by molar-refractivity contribution is -0.180. The third-order valence-corrected chi connectivity index (χ3v) is 6.11. The highest BCUT2D eigenvalue weighted by Crippen LogP contribution is 2.35. The molecule has 2 unspecified atom stereocenters. The van der Waals surface area contributed by atoms with Crippen LogP contribution in [0.25, 0.3) is 11.5 Å². The van der Waals surface area contributed by atoms with Gasteiger partial charge in [-0.3, -0.25) is 0 Å². The number of benzene rings is 2. The van der Waals surface area contributed by atoms with Crippen LogP contribution in [0.4, 0.5) is 30.7 Å². The topological polar surface area (TPSA) is 42.2 Å². The SMILES string of the molecule is Cl.Fc1ccc(-c2nnc(CC(CN3CCCC(c4cccc(C(F)(F)F)c4)C3)C(F)(F)F)o2)cc1. The van der Waals surface area contributed by atoms with Crippen molar-refractivity contribution in [3.8, 4) is 11.5 Å². The molecule has 0 aliphatic carbocycles. The molecule has 1 aromatic heterocycles. The van der Waals surface area contributed by atoms with Crippen molar-refractivity contribution in [3.05, 3.63) is 71.4 Å². The molecule has 0 radical (unpaired) electrons. The Morgan fingerprint density at radius 1 is 1.00 bits per heavy atom. The molecule has 3 aromatic rings. The van der Waals surface area contributed by atoms with Crippen LogP contribution < -0.4 is 0 Å². The zero-order valence-corrected chi connectivity index (χ0v) is 19.6. The Kier molecular flexibility index (Phi) is 8.66. The fourth-order valence-electron chi connectivity index (χ4n) is 4.31. The van der Waals surface area contributed by atoms with Gasteiger partial charge in [0.15, 0.2) is 0 Å². The number of alkyl halides is 6. The maximum atomic E-state index is 13.9. The van der Waals surface area contributed by atoms with Crippen LogP contribution in [0.3, 0.4) is 0 Å². The van der Waals surface area contributed by atoms with Crippen molar-refractivity contribution in [1.29, 1.82) is 0 Å². The largest absolute Gasteiger partial charge is 0.421 e. The van der Waals surface area contributed by atoms with Crippen molar-refractivity contribution in [2.75, 3.05) is 19.6 Å². The summed E-state index contributed by atoms with van der Waals surface area (Å²) in [5.41, 5.74) is 0.0798. The second-order valence-electron chi connectivity index (χ2n) is 8.67. The summed E-state index contributed by atoms with van der Waals surface area (Å²) in [6, 6.07) is 10.1. The van der Waals surface area contributed by atoms with Gasteiger partial charge in [-0.2, -0.15) is 26.3 Å². The lowest BCUT2D eigenvalue weighted by Gasteiger charge is -2.35. The summed E-state index contributed by atoms with van der Waals surface area (Å²) in [6.07, 6.45) is -8.40. The van der Waals surface area contributed by atoms with E-state index in [4.69, 9.17) is 4.42 Å². The highest BCUT2D eigenvalue weighted by atomic mass is 35.5. The van der Waals surface area contributed by atoms with Crippen molar-refractivity contribution in [3.63, 3.8) is 0 Å². The molecule has 4 nitrogen and oxygen atoms in total. The summed E-state index contributed by atoms with van der Waals surface area (Å²) in [5.74, 6) is -2.78. The van der Waals surface area contributed by atoms with Crippen LogP contribution in [0.2, 0.25) is 0 Å². The van der Waals surface area contributed by atoms with Gasteiger partial charge in [-0.1, -0.05) is 18.2 Å². The third-order valence-electron chi connectivity index (χ3n) is 6.11. The van der Waals surface area contributed by atoms with Crippen molar-refractivity contribution in [2.24, 2.45) is 5.92 Å². The van der Waals surface area contributed by atoms with Gasteiger partial charge < -0.3 is 9.32 Å². The van der Waals surface area contributed by atoms with Crippen LogP contribution in [-0.2, 0) is 12.6 Å². The predicted octanol–water partition coefficient (Wildman–Crippen LogP) is 6.92. The van der Waals surface area contributed by atoms with Gasteiger partial charge in [-0.05, 0) is 61.2 Å². The standard InChI is InChI=1S/C24H22F7N3O.ClH/c25-20-8-6-15(7-9-20)22-33-32-21(35-22)12-19(24(29,30)31)14-34-10-2-4-17(13-34)16-3-1-5-18(11-16)23(26,27)28;/h1,3,5-9,11,17,19H,2,4,10,12-14H2;1H. The van der Waals surface area contributed by atoms with Gasteiger partial charge in [0.25, 0.3) is 0 Å². The molecule has 0 spiro atoms. The molecule has 12 heteroatoms. The van der Waals surface area contributed by atoms with Crippen LogP contribution in [0.15, 0.2) is 52.9 Å². The Morgan fingerprint density at radius 2 is 1.72 bits per heavy atom. The molecule has 1 fully saturated rings. The smallest absolute Gasteiger partial charge is 0.416 e. The summed E-state index contributed by atoms with van der Waals surface area (Å²) in [6.45, 7) is 0.290. The molecule has 2 atom stereocenters. The van der Waals surface area contributed by atoms with Gasteiger partial charge >= 0.3 is 12.4 Å². The number of halogens is 8. The first kappa shape index (κ1) is 27.9. The number of aromatic nitrogens is 2. The fraction of sp³-hybridized carbons (Fsp3) is 0.417. The maximum Gasteiger partial charge on any atom is 0.416 e. The highest BCUT2D eigenvalue weighted by Gasteiger charge is 2.42. The third kappa shape index (κ3) is 6.97. The van der Waals surface area contributed by atoms with Crippen LogP contribution in [0, 0.1) is 11.7 Å². The molecule has 0 bridgehead atoms. The summed E-state index contributed by atoms with van der Waals surface area (Å²) >= 11 is 0. The minimum Gasteiger partial charge on any atom is -0.421 e. The molecule has 2 aromatic carbocycles. The van der Waals surface area contributed by atoms with Crippen molar-refractivity contribution < 1.29 is 35.2 Å². The van der Waals surface area contributed by atoms with E-state index in [2.05, 4.69) is 10.2 Å². The minimum absolute atomic E-state index is 0. The predicted molar refractivity (Wildman–Crippen MR) is 120 cm³/mol. The second kappa shape index (κ2) is 11.2. The van der Waals surface area contributed by atoms with Crippen LogP contribution in [-0.4, -0.2) is 40.9 Å². The highest BCUT2D eigenvalue weighted by molar-refractivity contribution is 5.85. The monoisotopic (exact) mass is 537 g/mol. The first-order valence-electron chi connectivity index (χ1n) is 11.0. The molecule has 1 aliphatic heterocycles. The normalized spacial score (nSPS) is 18.0. The van der Waals surface area contributed by atoms with Gasteiger partial charge in [0.1, 0.15) is 5.82 Å². The Morgan fingerprint density at radius 3 is 2.39 bits per heavy atom. The molecule has 4 rings (SSSR count). The van der Waals surface area contributed by atoms with E-state index >= 15 is 0 Å². The molecule has 1 aliphatic rings. The van der Waals surface area contributed by atoms with E-state index in [0.717, 1.165) is 12.1 Å². The average Bonchev–Trinajstić information content (AvgIpc) is 3.27. The van der Waals surface area contributed by atoms with E-state index in [1.807, 2.05) is 0 Å². The van der Waals surface area contributed by atoms with Crippen molar-refractivity contribution >= 4 is 12.4 Å². The maximum absolute atomic E-state index is 13.9. The second-order valence-corrected chi connectivity index (χ2v) is 8.67. The van der Waals surface area contributed by atoms with Gasteiger partial charge in [0.2, 0.25) is 11.8 Å². The van der Waals surface area contributed by atoms with E-state index in [1.165, 1.54) is 30.3 Å². The van der Waals surface area contributed by atoms with E-state index in [-0.39, 0.29) is 43.2 Å². The minimum atomic E-state index is -4.55. The molecule has 2 heterocycles. The number of hydrogen-bond acceptors (Lipinski definition) is 4. The fourth-order valence-corrected chi connectivity index (χ4v) is 4.31. The number of hydrogen-bond donors (Lipinski definition) is 0. The number of piperidine rings is 1. The van der Waals surface area contributed by atoms with Crippen LogP contribution in [0.5, 0.6) is 0 Å². The molecule has 0 amide bonds. The molecule has 196 valence electrons. The molecule has 1 saturated heterocycles. The Balaban J connectivity index is 0.00000361. The van der Waals surface area contributed by atoms with Crippen LogP contribution >= 0.6 is 12.4 Å². The summed E-state index contributed by atoms with van der Waals surface area (Å²) in [7, 11) is 0. The quantitative estimate of drug-likeness (QED) is 0.320. The number of rotatable bonds is 6. The average molecular weight is 538 g/mol. The first-order chi connectivity index (χ1) is 16.5. The van der Waals surface area contributed by atoms with E-state index < -0.39 is 36.1 Å². The van der Waals surface area contributed by atoms with E-state index in [0.29, 0.717) is 30.5 Å². The lowest BCUT2D eigenvalue weighted by atomic mass is 9.89. The number of likely N-dealkylation sites (tertiary alicyclic amines) is 1. The van der Waals surface area contributed by atoms with E-state index in [9.17, 15) is 30.7 Å². The van der Waals surface area contributed by atoms with Crippen LogP contribution in [0.1, 0.15) is 35.8 Å². The Labute approximate surface area is 208 Å². The van der Waals surface area contributed by atoms with Gasteiger partial charge in [-0.15, -0.1) is 22.6 Å². The molecular weight excluding hydrogens is 515 g/mol. The van der Waals surface area contributed by atoms with E-state index in [1.54, 1.807) is 11.0 Å². The Bertz CT molecular complexity index is 1130. The molecule has 36 heavy (non-hydrogen) atoms. The first-order valence-corrected chi connectivity index (χ1v) is 11.0. The van der Waals surface area contributed by atoms with Crippen molar-refractivity contribution in [2.45, 2.75) is 37.5 Å². The summed E-state index contributed by atoms with van der Waals surface area (Å²) in [5, 5.41) is 7.49. The summed E-state index contributed by atoms with van der Waals surface area (Å²) < 4.78 is 99.3. The molecule has 0 N–H and O–H groups in total. The molecular formula is C24H23ClF7N3O. The van der Waals surface area contributed by atoms with Gasteiger partial charge in [0, 0.05) is 25.1 Å². The summed E-state index contributed by atoms with van der Waals surface area (Å²) in [4.78, 5) is 1.63.